The van der Waals surface area contributed by atoms with Gasteiger partial charge in [-0.05, 0) is 131 Å². The Labute approximate surface area is 633 Å². The van der Waals surface area contributed by atoms with E-state index in [-0.39, 0.29) is 89.8 Å². The number of methoxy groups -OCH3 is 1. The highest BCUT2D eigenvalue weighted by atomic mass is 16.6. The summed E-state index contributed by atoms with van der Waals surface area (Å²) in [6.07, 6.45) is -0.455. The van der Waals surface area contributed by atoms with Crippen LogP contribution in [-0.2, 0) is 41.4 Å². The molecule has 4 heterocycles. The number of H-pyrrole nitrogens is 4. The molecule has 0 aliphatic carbocycles. The zero-order valence-corrected chi connectivity index (χ0v) is 62.0. The van der Waals surface area contributed by atoms with E-state index in [0.717, 1.165) is 101 Å². The lowest BCUT2D eigenvalue weighted by atomic mass is 10.0. The molecule has 0 saturated heterocycles. The molecule has 0 fully saturated rings. The van der Waals surface area contributed by atoms with E-state index in [1.165, 1.54) is 0 Å². The summed E-state index contributed by atoms with van der Waals surface area (Å²) in [7, 11) is 1.58. The Morgan fingerprint density at radius 1 is 0.373 bits per heavy atom. The summed E-state index contributed by atoms with van der Waals surface area (Å²) in [5.74, 6) is -0.193. The van der Waals surface area contributed by atoms with Crippen LogP contribution in [0.1, 0.15) is 111 Å². The van der Waals surface area contributed by atoms with Gasteiger partial charge in [0.15, 0.2) is 6.10 Å². The number of aromatic amines is 4. The second kappa shape index (κ2) is 34.7. The van der Waals surface area contributed by atoms with Gasteiger partial charge in [-0.3, -0.25) is 52.9 Å². The molecule has 12 aromatic rings. The number of rotatable bonds is 24. The third-order valence-electron chi connectivity index (χ3n) is 17.6. The van der Waals surface area contributed by atoms with Crippen LogP contribution in [-0.4, -0.2) is 116 Å². The van der Waals surface area contributed by atoms with Gasteiger partial charge in [0.2, 0.25) is 0 Å². The highest BCUT2D eigenvalue weighted by Gasteiger charge is 2.24. The minimum Gasteiger partial charge on any atom is -0.496 e. The van der Waals surface area contributed by atoms with E-state index in [0.29, 0.717) is 61.6 Å². The summed E-state index contributed by atoms with van der Waals surface area (Å²) in [6.45, 7) is 12.6. The summed E-state index contributed by atoms with van der Waals surface area (Å²) in [5, 5.41) is 64.5. The van der Waals surface area contributed by atoms with Crippen molar-refractivity contribution in [2.45, 2.75) is 92.1 Å². The molecule has 2 atom stereocenters. The number of esters is 3. The molecule has 0 aliphatic heterocycles. The zero-order valence-electron chi connectivity index (χ0n) is 62.0. The fraction of sp³-hybridized carbons (Fsp3) is 0.183. The monoisotopic (exact) mass is 1480 g/mol. The van der Waals surface area contributed by atoms with Gasteiger partial charge in [-0.25, -0.2) is 4.79 Å². The minimum absolute atomic E-state index is 0.00223. The molecule has 0 spiro atoms. The third kappa shape index (κ3) is 19.4. The summed E-state index contributed by atoms with van der Waals surface area (Å²) < 4.78 is 27.4. The number of ether oxygens (including phenoxy) is 5. The van der Waals surface area contributed by atoms with Crippen LogP contribution in [0.4, 0.5) is 0 Å². The molecule has 0 aliphatic rings. The van der Waals surface area contributed by atoms with Gasteiger partial charge in [-0.2, -0.15) is 0 Å². The average Bonchev–Trinajstić information content (AvgIpc) is 1.64. The Hall–Kier alpha value is -14.3. The molecule has 110 heavy (non-hydrogen) atoms. The standard InChI is InChI=1S/C22H25N5O3.C22H25N5O2.C21H23N5O2.C17H17N5O/c1-11(2)29-22(28)12(3)30-19-10-15(21(25)26)6-7-16(19)18-8-13-4-5-14(20(23)24)9-17(13)27-18;1-3-12(2)29-19(28)11-17-16-9-8-15(22(25)26)10-18(16)27-20(17)13-4-6-14(7-5-13)21(23)24;1-11(2)28-18(27)10-16-15-8-7-14(21(24)25)9-17(15)26-19(16)12-3-5-13(6-4-12)20(22)23;1-23-15-8-11(17(20)21)4-5-12(15)14-6-9-2-3-10(16(18)19)7-13(9)22-14/h4-12,27H,1-3H3,(H3,23,24)(H3,25,26);4-10,12,27H,3,11H2,1-2H3,(H3,23,24)(H3,25,26);3-9,11,26H,10H2,1-2H3,(H3,22,23)(H3,24,25);2-8,22H,1H3,(H3,18,19)(H3,20,21). The Kier molecular flexibility index (Phi) is 25.2. The summed E-state index contributed by atoms with van der Waals surface area (Å²) in [4.78, 5) is 50.3. The molecule has 0 radical (unpaired) electrons. The van der Waals surface area contributed by atoms with Crippen molar-refractivity contribution >= 4 is 108 Å². The summed E-state index contributed by atoms with van der Waals surface area (Å²) in [5.41, 5.74) is 60.8. The third-order valence-corrected chi connectivity index (χ3v) is 17.6. The molecular weight excluding hydrogens is 1390 g/mol. The van der Waals surface area contributed by atoms with Gasteiger partial charge in [0, 0.05) is 99.2 Å². The highest BCUT2D eigenvalue weighted by Crippen LogP contribution is 2.38. The molecule has 0 bridgehead atoms. The molecular formula is C82H90N20O8. The fourth-order valence-electron chi connectivity index (χ4n) is 11.8. The molecule has 2 unspecified atom stereocenters. The topological polar surface area (TPSA) is 559 Å². The average molecular weight is 1480 g/mol. The lowest BCUT2D eigenvalue weighted by Gasteiger charge is -2.18. The first kappa shape index (κ1) is 79.8. The Bertz CT molecular complexity index is 5570. The van der Waals surface area contributed by atoms with Gasteiger partial charge < -0.3 is 89.5 Å². The van der Waals surface area contributed by atoms with E-state index in [1.807, 2.05) is 107 Å². The number of nitrogens with one attached hydrogen (secondary N) is 12. The minimum atomic E-state index is -0.845. The Balaban J connectivity index is 0.000000169. The number of hydrogen-bond donors (Lipinski definition) is 20. The van der Waals surface area contributed by atoms with Crippen molar-refractivity contribution in [1.29, 1.82) is 43.3 Å². The van der Waals surface area contributed by atoms with Gasteiger partial charge in [0.05, 0.1) is 61.0 Å². The van der Waals surface area contributed by atoms with E-state index < -0.39 is 12.1 Å². The number of benzene rings is 8. The predicted octanol–water partition coefficient (Wildman–Crippen LogP) is 11.7. The SMILES string of the molecule is CC(C)OC(=O)C(C)Oc1cc(C(=N)N)ccc1-c1cc2ccc(C(=N)N)cc2[nH]1.CC(C)OC(=O)Cc1c(-c2ccc(C(=N)N)cc2)[nH]c2cc(C(=N)N)ccc12.CCC(C)OC(=O)Cc1c(-c2ccc(C(=N)N)cc2)[nH]c2cc(C(=N)N)ccc12.COc1cc(C(=N)N)ccc1-c1cc2ccc(C(=N)N)cc2[nH]1. The normalized spacial score (nSPS) is 11.4. The van der Waals surface area contributed by atoms with Crippen LogP contribution >= 0.6 is 0 Å². The van der Waals surface area contributed by atoms with Crippen molar-refractivity contribution in [3.05, 3.63) is 225 Å². The molecule has 28 nitrogen and oxygen atoms in total. The molecule has 566 valence electrons. The number of aromatic nitrogens is 4. The Morgan fingerprint density at radius 3 is 1.06 bits per heavy atom. The molecule has 28 heteroatoms. The first-order valence-corrected chi connectivity index (χ1v) is 34.8. The van der Waals surface area contributed by atoms with Gasteiger partial charge in [0.25, 0.3) is 0 Å². The van der Waals surface area contributed by atoms with Crippen LogP contribution in [0.2, 0.25) is 0 Å². The van der Waals surface area contributed by atoms with Crippen LogP contribution < -0.4 is 55.3 Å². The summed E-state index contributed by atoms with van der Waals surface area (Å²) >= 11 is 0. The Morgan fingerprint density at radius 2 is 0.700 bits per heavy atom. The van der Waals surface area contributed by atoms with Crippen molar-refractivity contribution in [3.63, 3.8) is 0 Å². The number of amidine groups is 8. The molecule has 0 saturated carbocycles. The maximum atomic E-state index is 12.5. The lowest BCUT2D eigenvalue weighted by Crippen LogP contribution is -2.28. The highest BCUT2D eigenvalue weighted by molar-refractivity contribution is 6.06. The van der Waals surface area contributed by atoms with Crippen molar-refractivity contribution in [2.24, 2.45) is 45.9 Å². The van der Waals surface area contributed by atoms with Gasteiger partial charge >= 0.3 is 17.9 Å². The molecule has 28 N–H and O–H groups in total. The van der Waals surface area contributed by atoms with E-state index in [1.54, 1.807) is 119 Å². The quantitative estimate of drug-likeness (QED) is 0.0116. The van der Waals surface area contributed by atoms with Gasteiger partial charge in [0.1, 0.15) is 58.2 Å². The second-order valence-electron chi connectivity index (χ2n) is 26.4. The molecule has 8 aromatic carbocycles. The van der Waals surface area contributed by atoms with Crippen LogP contribution in [0.15, 0.2) is 170 Å². The second-order valence-corrected chi connectivity index (χ2v) is 26.4. The van der Waals surface area contributed by atoms with E-state index >= 15 is 0 Å². The van der Waals surface area contributed by atoms with E-state index in [4.69, 9.17) is 113 Å². The van der Waals surface area contributed by atoms with Crippen LogP contribution in [0, 0.1) is 43.3 Å². The van der Waals surface area contributed by atoms with Crippen molar-refractivity contribution in [2.75, 3.05) is 7.11 Å². The molecule has 12 rings (SSSR count). The number of fused-ring (bicyclic) bond motifs is 4. The van der Waals surface area contributed by atoms with Crippen molar-refractivity contribution < 1.29 is 38.1 Å². The largest absolute Gasteiger partial charge is 0.496 e. The van der Waals surface area contributed by atoms with Crippen LogP contribution in [0.3, 0.4) is 0 Å². The zero-order chi connectivity index (χ0) is 80.1. The van der Waals surface area contributed by atoms with E-state index in [2.05, 4.69) is 19.9 Å². The maximum Gasteiger partial charge on any atom is 0.347 e. The van der Waals surface area contributed by atoms with Crippen molar-refractivity contribution in [1.82, 2.24) is 19.9 Å². The number of nitrogens with two attached hydrogens (primary N) is 8. The molecule has 4 aromatic heterocycles. The molecule has 0 amide bonds. The first-order valence-electron chi connectivity index (χ1n) is 34.8. The van der Waals surface area contributed by atoms with Crippen molar-refractivity contribution in [3.8, 4) is 56.5 Å². The number of hydrogen-bond acceptors (Lipinski definition) is 16. The van der Waals surface area contributed by atoms with Crippen LogP contribution in [0.25, 0.3) is 88.6 Å². The number of carbonyl (C=O) groups is 3. The van der Waals surface area contributed by atoms with Crippen LogP contribution in [0.5, 0.6) is 11.5 Å². The smallest absolute Gasteiger partial charge is 0.347 e. The van der Waals surface area contributed by atoms with Gasteiger partial charge in [-0.15, -0.1) is 0 Å². The number of nitrogen functional groups attached to an aromatic ring is 8. The summed E-state index contributed by atoms with van der Waals surface area (Å²) in [6, 6.07) is 50.8. The first-order chi connectivity index (χ1) is 52.2. The predicted molar refractivity (Wildman–Crippen MR) is 435 cm³/mol. The maximum absolute atomic E-state index is 12.5. The number of carbonyl (C=O) groups excluding carboxylic acids is 3. The van der Waals surface area contributed by atoms with E-state index in [9.17, 15) is 14.4 Å². The lowest BCUT2D eigenvalue weighted by molar-refractivity contribution is -0.155. The van der Waals surface area contributed by atoms with Gasteiger partial charge in [-0.1, -0.05) is 116 Å². The fourth-order valence-corrected chi connectivity index (χ4v) is 11.8.